The Morgan fingerprint density at radius 2 is 2.11 bits per heavy atom. The Hall–Kier alpha value is -1.20. The van der Waals surface area contributed by atoms with Crippen LogP contribution in [0.15, 0.2) is 12.4 Å². The molecule has 1 aliphatic heterocycles. The van der Waals surface area contributed by atoms with E-state index in [-0.39, 0.29) is 0 Å². The summed E-state index contributed by atoms with van der Waals surface area (Å²) in [7, 11) is 1.92. The second-order valence-corrected chi connectivity index (χ2v) is 5.01. The number of rotatable bonds is 6. The van der Waals surface area contributed by atoms with Crippen LogP contribution in [0.25, 0.3) is 0 Å². The van der Waals surface area contributed by atoms with Crippen LogP contribution in [-0.2, 0) is 6.54 Å². The molecular weight excluding hydrogens is 238 g/mol. The highest BCUT2D eigenvalue weighted by molar-refractivity contribution is 5.37. The molecule has 1 unspecified atom stereocenters. The zero-order valence-corrected chi connectivity index (χ0v) is 12.3. The summed E-state index contributed by atoms with van der Waals surface area (Å²) in [5.74, 6) is 1.01. The summed E-state index contributed by atoms with van der Waals surface area (Å²) in [6.45, 7) is 9.65. The third-order valence-corrected chi connectivity index (χ3v) is 3.87. The SMILES string of the molecule is CCN(CC)C1CCN(c2cnc(CNC)cn2)C1. The first kappa shape index (κ1) is 14.2. The molecule has 0 aliphatic carbocycles. The Morgan fingerprint density at radius 1 is 1.32 bits per heavy atom. The molecule has 5 heteroatoms. The van der Waals surface area contributed by atoms with Crippen molar-refractivity contribution < 1.29 is 0 Å². The van der Waals surface area contributed by atoms with E-state index >= 15 is 0 Å². The monoisotopic (exact) mass is 263 g/mol. The number of nitrogens with one attached hydrogen (secondary N) is 1. The van der Waals surface area contributed by atoms with Crippen LogP contribution in [0.1, 0.15) is 26.0 Å². The van der Waals surface area contributed by atoms with E-state index in [2.05, 4.69) is 38.9 Å². The van der Waals surface area contributed by atoms with Gasteiger partial charge in [0.2, 0.25) is 0 Å². The van der Waals surface area contributed by atoms with Crippen molar-refractivity contribution in [2.45, 2.75) is 32.9 Å². The number of anilines is 1. The van der Waals surface area contributed by atoms with Crippen LogP contribution < -0.4 is 10.2 Å². The van der Waals surface area contributed by atoms with Crippen LogP contribution in [0.3, 0.4) is 0 Å². The maximum Gasteiger partial charge on any atom is 0.147 e. The molecule has 2 heterocycles. The summed E-state index contributed by atoms with van der Waals surface area (Å²) in [5, 5.41) is 3.09. The van der Waals surface area contributed by atoms with Crippen molar-refractivity contribution in [3.05, 3.63) is 18.1 Å². The van der Waals surface area contributed by atoms with Crippen LogP contribution >= 0.6 is 0 Å². The summed E-state index contributed by atoms with van der Waals surface area (Å²) in [6.07, 6.45) is 5.00. The summed E-state index contributed by atoms with van der Waals surface area (Å²) in [4.78, 5) is 13.8. The number of hydrogen-bond acceptors (Lipinski definition) is 5. The zero-order chi connectivity index (χ0) is 13.7. The van der Waals surface area contributed by atoms with E-state index in [9.17, 15) is 0 Å². The molecule has 5 nitrogen and oxygen atoms in total. The fourth-order valence-corrected chi connectivity index (χ4v) is 2.77. The van der Waals surface area contributed by atoms with E-state index in [1.54, 1.807) is 0 Å². The molecule has 2 rings (SSSR count). The number of likely N-dealkylation sites (N-methyl/N-ethyl adjacent to an activating group) is 1. The van der Waals surface area contributed by atoms with Gasteiger partial charge in [0.1, 0.15) is 5.82 Å². The average Bonchev–Trinajstić information content (AvgIpc) is 2.91. The Labute approximate surface area is 116 Å². The van der Waals surface area contributed by atoms with Gasteiger partial charge in [-0.1, -0.05) is 13.8 Å². The van der Waals surface area contributed by atoms with Gasteiger partial charge in [-0.3, -0.25) is 9.88 Å². The minimum Gasteiger partial charge on any atom is -0.354 e. The van der Waals surface area contributed by atoms with E-state index in [0.717, 1.165) is 44.2 Å². The first-order chi connectivity index (χ1) is 9.28. The van der Waals surface area contributed by atoms with Crippen LogP contribution in [0.5, 0.6) is 0 Å². The van der Waals surface area contributed by atoms with Gasteiger partial charge in [-0.15, -0.1) is 0 Å². The Bertz CT molecular complexity index is 374. The fourth-order valence-electron chi connectivity index (χ4n) is 2.77. The smallest absolute Gasteiger partial charge is 0.147 e. The van der Waals surface area contributed by atoms with Gasteiger partial charge in [-0.2, -0.15) is 0 Å². The lowest BCUT2D eigenvalue weighted by atomic mass is 10.2. The van der Waals surface area contributed by atoms with E-state index in [1.807, 2.05) is 19.4 Å². The lowest BCUT2D eigenvalue weighted by molar-refractivity contribution is 0.232. The van der Waals surface area contributed by atoms with Gasteiger partial charge in [0, 0.05) is 25.7 Å². The molecule has 0 saturated carbocycles. The van der Waals surface area contributed by atoms with Gasteiger partial charge in [0.25, 0.3) is 0 Å². The molecule has 0 bridgehead atoms. The molecule has 1 atom stereocenters. The molecule has 0 spiro atoms. The normalized spacial score (nSPS) is 19.4. The van der Waals surface area contributed by atoms with Crippen LogP contribution in [0, 0.1) is 0 Å². The van der Waals surface area contributed by atoms with Gasteiger partial charge < -0.3 is 10.2 Å². The third kappa shape index (κ3) is 3.42. The summed E-state index contributed by atoms with van der Waals surface area (Å²) in [5.41, 5.74) is 0.991. The summed E-state index contributed by atoms with van der Waals surface area (Å²) < 4.78 is 0. The van der Waals surface area contributed by atoms with Crippen molar-refractivity contribution >= 4 is 5.82 Å². The molecule has 0 amide bonds. The Kier molecular flexibility index (Phi) is 5.10. The number of hydrogen-bond donors (Lipinski definition) is 1. The van der Waals surface area contributed by atoms with Crippen LogP contribution in [-0.4, -0.2) is 54.1 Å². The van der Waals surface area contributed by atoms with Gasteiger partial charge in [0.05, 0.1) is 18.1 Å². The van der Waals surface area contributed by atoms with E-state index in [0.29, 0.717) is 6.04 Å². The summed E-state index contributed by atoms with van der Waals surface area (Å²) in [6, 6.07) is 0.661. The molecule has 1 aliphatic rings. The largest absolute Gasteiger partial charge is 0.354 e. The molecule has 106 valence electrons. The quantitative estimate of drug-likeness (QED) is 0.833. The molecule has 0 aromatic carbocycles. The fraction of sp³-hybridized carbons (Fsp3) is 0.714. The molecule has 1 fully saturated rings. The van der Waals surface area contributed by atoms with Crippen molar-refractivity contribution in [2.24, 2.45) is 0 Å². The van der Waals surface area contributed by atoms with Crippen molar-refractivity contribution in [1.82, 2.24) is 20.2 Å². The Morgan fingerprint density at radius 3 is 2.68 bits per heavy atom. The van der Waals surface area contributed by atoms with Gasteiger partial charge in [-0.25, -0.2) is 4.98 Å². The molecule has 19 heavy (non-hydrogen) atoms. The summed E-state index contributed by atoms with van der Waals surface area (Å²) >= 11 is 0. The van der Waals surface area contributed by atoms with Crippen molar-refractivity contribution in [3.63, 3.8) is 0 Å². The van der Waals surface area contributed by atoms with Crippen molar-refractivity contribution in [2.75, 3.05) is 38.1 Å². The minimum absolute atomic E-state index is 0.661. The molecule has 1 N–H and O–H groups in total. The lowest BCUT2D eigenvalue weighted by Crippen LogP contribution is -2.37. The van der Waals surface area contributed by atoms with Gasteiger partial charge >= 0.3 is 0 Å². The predicted molar refractivity (Wildman–Crippen MR) is 78.3 cm³/mol. The molecule has 1 saturated heterocycles. The number of aromatic nitrogens is 2. The van der Waals surface area contributed by atoms with Crippen LogP contribution in [0.2, 0.25) is 0 Å². The topological polar surface area (TPSA) is 44.3 Å². The molecular formula is C14H25N5. The highest BCUT2D eigenvalue weighted by Gasteiger charge is 2.26. The Balaban J connectivity index is 1.96. The minimum atomic E-state index is 0.661. The predicted octanol–water partition coefficient (Wildman–Crippen LogP) is 1.12. The number of nitrogens with zero attached hydrogens (tertiary/aromatic N) is 4. The van der Waals surface area contributed by atoms with Gasteiger partial charge in [0.15, 0.2) is 0 Å². The molecule has 0 radical (unpaired) electrons. The van der Waals surface area contributed by atoms with E-state index < -0.39 is 0 Å². The van der Waals surface area contributed by atoms with E-state index in [4.69, 9.17) is 0 Å². The average molecular weight is 263 g/mol. The maximum absolute atomic E-state index is 4.53. The third-order valence-electron chi connectivity index (χ3n) is 3.87. The first-order valence-electron chi connectivity index (χ1n) is 7.23. The molecule has 1 aromatic rings. The second-order valence-electron chi connectivity index (χ2n) is 5.01. The zero-order valence-electron chi connectivity index (χ0n) is 12.3. The van der Waals surface area contributed by atoms with E-state index in [1.165, 1.54) is 6.42 Å². The first-order valence-corrected chi connectivity index (χ1v) is 7.23. The van der Waals surface area contributed by atoms with Gasteiger partial charge in [-0.05, 0) is 26.6 Å². The highest BCUT2D eigenvalue weighted by atomic mass is 15.3. The standard InChI is InChI=1S/C14H25N5/c1-4-18(5-2)13-6-7-19(11-13)14-10-16-12(8-15-3)9-17-14/h9-10,13,15H,4-8,11H2,1-3H3. The van der Waals surface area contributed by atoms with Crippen LogP contribution in [0.4, 0.5) is 5.82 Å². The highest BCUT2D eigenvalue weighted by Crippen LogP contribution is 2.20. The lowest BCUT2D eigenvalue weighted by Gasteiger charge is -2.26. The van der Waals surface area contributed by atoms with Crippen molar-refractivity contribution in [1.29, 1.82) is 0 Å². The second kappa shape index (κ2) is 6.82. The molecule has 1 aromatic heterocycles. The van der Waals surface area contributed by atoms with Crippen molar-refractivity contribution in [3.8, 4) is 0 Å². The maximum atomic E-state index is 4.53.